The number of hydrogen-bond donors (Lipinski definition) is 1. The molecule has 1 heteroatoms. The molecule has 0 spiro atoms. The van der Waals surface area contributed by atoms with Crippen LogP contribution >= 0.6 is 0 Å². The zero-order valence-corrected chi connectivity index (χ0v) is 14.1. The molecule has 2 aromatic rings. The zero-order chi connectivity index (χ0) is 15.5. The summed E-state index contributed by atoms with van der Waals surface area (Å²) in [6.07, 6.45) is 2.45. The first-order valence-corrected chi connectivity index (χ1v) is 8.05. The first kappa shape index (κ1) is 16.0. The summed E-state index contributed by atoms with van der Waals surface area (Å²) in [5.74, 6) is 0.717. The molecule has 0 bridgehead atoms. The maximum atomic E-state index is 3.50. The van der Waals surface area contributed by atoms with Crippen molar-refractivity contribution in [2.45, 2.75) is 46.6 Å². The minimum Gasteiger partial charge on any atom is -0.313 e. The third kappa shape index (κ3) is 4.57. The van der Waals surface area contributed by atoms with Crippen LogP contribution in [0.3, 0.4) is 0 Å². The molecule has 2 rings (SSSR count). The van der Waals surface area contributed by atoms with Crippen molar-refractivity contribution >= 4 is 10.8 Å². The Hall–Kier alpha value is -1.34. The molecule has 1 nitrogen and oxygen atoms in total. The molecule has 2 aromatic carbocycles. The van der Waals surface area contributed by atoms with Gasteiger partial charge in [0, 0.05) is 6.04 Å². The molecule has 1 N–H and O–H groups in total. The summed E-state index contributed by atoms with van der Waals surface area (Å²) in [7, 11) is 2.07. The molecular weight excluding hydrogens is 254 g/mol. The molecule has 0 aliphatic carbocycles. The molecule has 114 valence electrons. The van der Waals surface area contributed by atoms with Gasteiger partial charge in [-0.05, 0) is 53.6 Å². The molecule has 0 aromatic heterocycles. The molecule has 0 aliphatic rings. The highest BCUT2D eigenvalue weighted by atomic mass is 14.9. The van der Waals surface area contributed by atoms with Crippen molar-refractivity contribution in [3.8, 4) is 0 Å². The Kier molecular flexibility index (Phi) is 5.05. The van der Waals surface area contributed by atoms with Crippen molar-refractivity contribution in [1.82, 2.24) is 5.32 Å². The number of fused-ring (bicyclic) bond motifs is 1. The van der Waals surface area contributed by atoms with Crippen LogP contribution in [0.15, 0.2) is 42.5 Å². The second-order valence-corrected chi connectivity index (χ2v) is 7.55. The quantitative estimate of drug-likeness (QED) is 0.757. The Morgan fingerprint density at radius 2 is 1.67 bits per heavy atom. The normalized spacial score (nSPS) is 15.1. The smallest absolute Gasteiger partial charge is 0.0320 e. The maximum absolute atomic E-state index is 3.50. The highest BCUT2D eigenvalue weighted by Crippen LogP contribution is 2.31. The van der Waals surface area contributed by atoms with E-state index in [1.165, 1.54) is 29.2 Å². The van der Waals surface area contributed by atoms with Gasteiger partial charge in [0.2, 0.25) is 0 Å². The lowest BCUT2D eigenvalue weighted by atomic mass is 9.82. The Balaban J connectivity index is 2.15. The predicted octanol–water partition coefficient (Wildman–Crippen LogP) is 5.56. The van der Waals surface area contributed by atoms with Gasteiger partial charge in [0.1, 0.15) is 0 Å². The molecule has 0 aliphatic heterocycles. The summed E-state index contributed by atoms with van der Waals surface area (Å²) >= 11 is 0. The average Bonchev–Trinajstić information content (AvgIpc) is 2.42. The number of benzene rings is 2. The lowest BCUT2D eigenvalue weighted by Gasteiger charge is -2.27. The van der Waals surface area contributed by atoms with Crippen LogP contribution in [0.4, 0.5) is 0 Å². The fourth-order valence-corrected chi connectivity index (χ4v) is 3.38. The lowest BCUT2D eigenvalue weighted by molar-refractivity contribution is 0.279. The van der Waals surface area contributed by atoms with Gasteiger partial charge in [-0.1, -0.05) is 64.1 Å². The van der Waals surface area contributed by atoms with Gasteiger partial charge in [0.05, 0.1) is 0 Å². The predicted molar refractivity (Wildman–Crippen MR) is 93.6 cm³/mol. The van der Waals surface area contributed by atoms with E-state index in [2.05, 4.69) is 82.5 Å². The van der Waals surface area contributed by atoms with Crippen LogP contribution in [-0.4, -0.2) is 7.05 Å². The molecule has 2 atom stereocenters. The van der Waals surface area contributed by atoms with E-state index in [4.69, 9.17) is 0 Å². The molecule has 0 saturated carbocycles. The Morgan fingerprint density at radius 1 is 1.00 bits per heavy atom. The lowest BCUT2D eigenvalue weighted by Crippen LogP contribution is -2.21. The first-order valence-electron chi connectivity index (χ1n) is 8.05. The number of nitrogens with one attached hydrogen (secondary N) is 1. The molecule has 2 unspecified atom stereocenters. The van der Waals surface area contributed by atoms with E-state index < -0.39 is 0 Å². The summed E-state index contributed by atoms with van der Waals surface area (Å²) in [5, 5.41) is 6.15. The second kappa shape index (κ2) is 6.62. The van der Waals surface area contributed by atoms with Gasteiger partial charge >= 0.3 is 0 Å². The van der Waals surface area contributed by atoms with Crippen LogP contribution in [0.2, 0.25) is 0 Å². The van der Waals surface area contributed by atoms with E-state index >= 15 is 0 Å². The van der Waals surface area contributed by atoms with Crippen LogP contribution in [0.1, 0.15) is 52.1 Å². The van der Waals surface area contributed by atoms with Crippen molar-refractivity contribution in [3.05, 3.63) is 48.0 Å². The second-order valence-electron chi connectivity index (χ2n) is 7.55. The van der Waals surface area contributed by atoms with Gasteiger partial charge in [-0.3, -0.25) is 0 Å². The summed E-state index contributed by atoms with van der Waals surface area (Å²) in [6.45, 7) is 9.35. The Bertz CT molecular complexity index is 580. The zero-order valence-electron chi connectivity index (χ0n) is 14.1. The first-order chi connectivity index (χ1) is 9.89. The van der Waals surface area contributed by atoms with E-state index in [1.54, 1.807) is 0 Å². The topological polar surface area (TPSA) is 12.0 Å². The van der Waals surface area contributed by atoms with Crippen molar-refractivity contribution in [2.75, 3.05) is 7.05 Å². The van der Waals surface area contributed by atoms with E-state index in [9.17, 15) is 0 Å². The van der Waals surface area contributed by atoms with Crippen LogP contribution in [0.5, 0.6) is 0 Å². The molecular formula is C20H29N. The van der Waals surface area contributed by atoms with Gasteiger partial charge in [-0.2, -0.15) is 0 Å². The fraction of sp³-hybridized carbons (Fsp3) is 0.500. The fourth-order valence-electron chi connectivity index (χ4n) is 3.38. The van der Waals surface area contributed by atoms with Crippen LogP contribution in [0, 0.1) is 11.3 Å². The summed E-state index contributed by atoms with van der Waals surface area (Å²) < 4.78 is 0. The van der Waals surface area contributed by atoms with Gasteiger partial charge in [0.25, 0.3) is 0 Å². The van der Waals surface area contributed by atoms with E-state index in [0.717, 1.165) is 0 Å². The minimum atomic E-state index is 0.404. The highest BCUT2D eigenvalue weighted by Gasteiger charge is 2.19. The Labute approximate surface area is 129 Å². The number of rotatable bonds is 5. The van der Waals surface area contributed by atoms with E-state index in [0.29, 0.717) is 17.4 Å². The largest absolute Gasteiger partial charge is 0.313 e. The monoisotopic (exact) mass is 283 g/mol. The summed E-state index contributed by atoms with van der Waals surface area (Å²) in [4.78, 5) is 0. The van der Waals surface area contributed by atoms with Crippen molar-refractivity contribution in [2.24, 2.45) is 11.3 Å². The molecule has 21 heavy (non-hydrogen) atoms. The Morgan fingerprint density at radius 3 is 2.29 bits per heavy atom. The third-order valence-corrected chi connectivity index (χ3v) is 4.12. The van der Waals surface area contributed by atoms with Crippen molar-refractivity contribution < 1.29 is 0 Å². The maximum Gasteiger partial charge on any atom is 0.0320 e. The minimum absolute atomic E-state index is 0.404. The van der Waals surface area contributed by atoms with Gasteiger partial charge in [0.15, 0.2) is 0 Å². The van der Waals surface area contributed by atoms with E-state index in [1.807, 2.05) is 0 Å². The average molecular weight is 283 g/mol. The standard InChI is InChI=1S/C20H29N/c1-15(14-20(2,3)4)12-19(21-5)18-11-10-16-8-6-7-9-17(16)13-18/h6-11,13,15,19,21H,12,14H2,1-5H3. The summed E-state index contributed by atoms with van der Waals surface area (Å²) in [5.41, 5.74) is 1.80. The van der Waals surface area contributed by atoms with Crippen LogP contribution in [-0.2, 0) is 0 Å². The van der Waals surface area contributed by atoms with Crippen molar-refractivity contribution in [3.63, 3.8) is 0 Å². The molecule has 0 fully saturated rings. The van der Waals surface area contributed by atoms with Gasteiger partial charge in [-0.15, -0.1) is 0 Å². The van der Waals surface area contributed by atoms with E-state index in [-0.39, 0.29) is 0 Å². The highest BCUT2D eigenvalue weighted by molar-refractivity contribution is 5.83. The van der Waals surface area contributed by atoms with Gasteiger partial charge in [-0.25, -0.2) is 0 Å². The molecule has 0 saturated heterocycles. The SMILES string of the molecule is CNC(CC(C)CC(C)(C)C)c1ccc2ccccc2c1. The molecule has 0 heterocycles. The van der Waals surface area contributed by atoms with Crippen LogP contribution < -0.4 is 5.32 Å². The van der Waals surface area contributed by atoms with Crippen LogP contribution in [0.25, 0.3) is 10.8 Å². The molecule has 0 amide bonds. The number of hydrogen-bond acceptors (Lipinski definition) is 1. The van der Waals surface area contributed by atoms with Crippen molar-refractivity contribution in [1.29, 1.82) is 0 Å². The van der Waals surface area contributed by atoms with Gasteiger partial charge < -0.3 is 5.32 Å². The summed E-state index contributed by atoms with van der Waals surface area (Å²) in [6, 6.07) is 15.9. The molecule has 0 radical (unpaired) electrons. The third-order valence-electron chi connectivity index (χ3n) is 4.12.